The van der Waals surface area contributed by atoms with E-state index in [0.29, 0.717) is 30.2 Å². The monoisotopic (exact) mass is 287 g/mol. The largest absolute Gasteiger partial charge is 0.399 e. The van der Waals surface area contributed by atoms with E-state index in [2.05, 4.69) is 15.4 Å². The van der Waals surface area contributed by atoms with Crippen LogP contribution in [0.4, 0.5) is 5.69 Å². The van der Waals surface area contributed by atoms with E-state index < -0.39 is 0 Å². The van der Waals surface area contributed by atoms with Gasteiger partial charge in [-0.15, -0.1) is 0 Å². The molecular formula is C14H17N5O2. The van der Waals surface area contributed by atoms with Gasteiger partial charge in [0.1, 0.15) is 12.7 Å². The number of anilines is 1. The van der Waals surface area contributed by atoms with Gasteiger partial charge in [-0.1, -0.05) is 0 Å². The fourth-order valence-electron chi connectivity index (χ4n) is 2.35. The molecule has 1 aromatic heterocycles. The normalized spacial score (nSPS) is 15.8. The summed E-state index contributed by atoms with van der Waals surface area (Å²) in [5.41, 5.74) is 7.62. The zero-order valence-corrected chi connectivity index (χ0v) is 11.5. The second kappa shape index (κ2) is 5.92. The topological polar surface area (TPSA) is 95.1 Å². The van der Waals surface area contributed by atoms with Gasteiger partial charge in [0.15, 0.2) is 0 Å². The van der Waals surface area contributed by atoms with Gasteiger partial charge < -0.3 is 15.8 Å². The summed E-state index contributed by atoms with van der Waals surface area (Å²) in [6, 6.07) is 5.32. The van der Waals surface area contributed by atoms with E-state index in [9.17, 15) is 4.79 Å². The fourth-order valence-corrected chi connectivity index (χ4v) is 2.35. The van der Waals surface area contributed by atoms with E-state index in [0.717, 1.165) is 12.8 Å². The highest BCUT2D eigenvalue weighted by Crippen LogP contribution is 2.16. The molecule has 21 heavy (non-hydrogen) atoms. The van der Waals surface area contributed by atoms with E-state index in [4.69, 9.17) is 10.5 Å². The van der Waals surface area contributed by atoms with Crippen LogP contribution in [0.25, 0.3) is 5.69 Å². The van der Waals surface area contributed by atoms with E-state index >= 15 is 0 Å². The first-order valence-electron chi connectivity index (χ1n) is 6.86. The standard InChI is InChI=1S/C14H17N5O2/c15-11-5-10(6-13(7-11)19-9-16-8-17-19)14(20)18-12-1-3-21-4-2-12/h5-9,12H,1-4,15H2,(H,18,20). The molecule has 110 valence electrons. The smallest absolute Gasteiger partial charge is 0.251 e. The lowest BCUT2D eigenvalue weighted by molar-refractivity contribution is 0.0696. The SMILES string of the molecule is Nc1cc(C(=O)NC2CCOCC2)cc(-n2cncn2)c1. The highest BCUT2D eigenvalue weighted by atomic mass is 16.5. The van der Waals surface area contributed by atoms with Crippen molar-refractivity contribution in [2.45, 2.75) is 18.9 Å². The number of nitrogens with zero attached hydrogens (tertiary/aromatic N) is 3. The van der Waals surface area contributed by atoms with Crippen molar-refractivity contribution in [3.63, 3.8) is 0 Å². The molecule has 0 unspecified atom stereocenters. The molecule has 2 heterocycles. The summed E-state index contributed by atoms with van der Waals surface area (Å²) in [6.45, 7) is 1.37. The van der Waals surface area contributed by atoms with E-state index in [-0.39, 0.29) is 11.9 Å². The van der Waals surface area contributed by atoms with Crippen LogP contribution in [0.2, 0.25) is 0 Å². The van der Waals surface area contributed by atoms with Gasteiger partial charge in [-0.2, -0.15) is 5.10 Å². The molecular weight excluding hydrogens is 270 g/mol. The van der Waals surface area contributed by atoms with Crippen LogP contribution in [0.15, 0.2) is 30.9 Å². The van der Waals surface area contributed by atoms with Crippen molar-refractivity contribution in [2.24, 2.45) is 0 Å². The molecule has 1 aliphatic heterocycles. The molecule has 7 heteroatoms. The molecule has 1 amide bonds. The first-order chi connectivity index (χ1) is 10.2. The Morgan fingerprint density at radius 3 is 2.86 bits per heavy atom. The zero-order valence-electron chi connectivity index (χ0n) is 11.5. The number of benzene rings is 1. The van der Waals surface area contributed by atoms with Crippen LogP contribution in [0.5, 0.6) is 0 Å². The van der Waals surface area contributed by atoms with Crippen LogP contribution in [-0.2, 0) is 4.74 Å². The number of nitrogen functional groups attached to an aromatic ring is 1. The van der Waals surface area contributed by atoms with Crippen molar-refractivity contribution in [2.75, 3.05) is 18.9 Å². The Balaban J connectivity index is 1.79. The Hall–Kier alpha value is -2.41. The van der Waals surface area contributed by atoms with Crippen LogP contribution in [0, 0.1) is 0 Å². The first kappa shape index (κ1) is 13.6. The average molecular weight is 287 g/mol. The highest BCUT2D eigenvalue weighted by Gasteiger charge is 2.17. The summed E-state index contributed by atoms with van der Waals surface area (Å²) in [5.74, 6) is -0.129. The van der Waals surface area contributed by atoms with E-state index in [1.807, 2.05) is 0 Å². The van der Waals surface area contributed by atoms with Gasteiger partial charge in [-0.25, -0.2) is 9.67 Å². The summed E-state index contributed by atoms with van der Waals surface area (Å²) in [4.78, 5) is 16.2. The van der Waals surface area contributed by atoms with Crippen LogP contribution in [0.3, 0.4) is 0 Å². The maximum absolute atomic E-state index is 12.3. The predicted molar refractivity (Wildman–Crippen MR) is 77.1 cm³/mol. The minimum Gasteiger partial charge on any atom is -0.399 e. The maximum Gasteiger partial charge on any atom is 0.251 e. The number of hydrogen-bond acceptors (Lipinski definition) is 5. The second-order valence-electron chi connectivity index (χ2n) is 5.01. The summed E-state index contributed by atoms with van der Waals surface area (Å²) in [7, 11) is 0. The molecule has 3 rings (SSSR count). The van der Waals surface area contributed by atoms with Gasteiger partial charge in [0, 0.05) is 30.5 Å². The maximum atomic E-state index is 12.3. The third-order valence-electron chi connectivity index (χ3n) is 3.44. The molecule has 0 spiro atoms. The molecule has 1 saturated heterocycles. The minimum atomic E-state index is -0.129. The lowest BCUT2D eigenvalue weighted by Crippen LogP contribution is -2.38. The highest BCUT2D eigenvalue weighted by molar-refractivity contribution is 5.95. The van der Waals surface area contributed by atoms with Gasteiger partial charge in [0.05, 0.1) is 5.69 Å². The summed E-state index contributed by atoms with van der Waals surface area (Å²) < 4.78 is 6.86. The number of hydrogen-bond donors (Lipinski definition) is 2. The van der Waals surface area contributed by atoms with Gasteiger partial charge in [-0.05, 0) is 31.0 Å². The molecule has 0 aliphatic carbocycles. The van der Waals surface area contributed by atoms with Gasteiger partial charge in [0.2, 0.25) is 0 Å². The number of rotatable bonds is 3. The first-order valence-corrected chi connectivity index (χ1v) is 6.86. The Kier molecular flexibility index (Phi) is 3.83. The number of amides is 1. The summed E-state index contributed by atoms with van der Waals surface area (Å²) in [5, 5.41) is 7.06. The number of nitrogens with two attached hydrogens (primary N) is 1. The van der Waals surface area contributed by atoms with Crippen molar-refractivity contribution in [3.8, 4) is 5.69 Å². The summed E-state index contributed by atoms with van der Waals surface area (Å²) in [6.07, 6.45) is 4.67. The molecule has 7 nitrogen and oxygen atoms in total. The third kappa shape index (κ3) is 3.19. The minimum absolute atomic E-state index is 0.129. The van der Waals surface area contributed by atoms with Gasteiger partial charge >= 0.3 is 0 Å². The van der Waals surface area contributed by atoms with Gasteiger partial charge in [0.25, 0.3) is 5.91 Å². The molecule has 3 N–H and O–H groups in total. The van der Waals surface area contributed by atoms with Crippen molar-refractivity contribution >= 4 is 11.6 Å². The number of carbonyl (C=O) groups is 1. The predicted octanol–water partition coefficient (Wildman–Crippen LogP) is 0.758. The third-order valence-corrected chi connectivity index (χ3v) is 3.44. The van der Waals surface area contributed by atoms with Gasteiger partial charge in [-0.3, -0.25) is 4.79 Å². The quantitative estimate of drug-likeness (QED) is 0.813. The van der Waals surface area contributed by atoms with Crippen LogP contribution >= 0.6 is 0 Å². The Morgan fingerprint density at radius 2 is 2.14 bits per heavy atom. The summed E-state index contributed by atoms with van der Waals surface area (Å²) >= 11 is 0. The molecule has 0 atom stereocenters. The Morgan fingerprint density at radius 1 is 1.33 bits per heavy atom. The molecule has 2 aromatic rings. The molecule has 1 aromatic carbocycles. The van der Waals surface area contributed by atoms with Crippen molar-refractivity contribution in [1.82, 2.24) is 20.1 Å². The number of ether oxygens (including phenoxy) is 1. The van der Waals surface area contributed by atoms with Crippen LogP contribution in [-0.4, -0.2) is 39.9 Å². The van der Waals surface area contributed by atoms with Crippen LogP contribution in [0.1, 0.15) is 23.2 Å². The Labute approximate surface area is 122 Å². The van der Waals surface area contributed by atoms with Crippen molar-refractivity contribution in [3.05, 3.63) is 36.4 Å². The van der Waals surface area contributed by atoms with Crippen molar-refractivity contribution in [1.29, 1.82) is 0 Å². The van der Waals surface area contributed by atoms with E-state index in [1.165, 1.54) is 6.33 Å². The number of carbonyl (C=O) groups excluding carboxylic acids is 1. The molecule has 0 bridgehead atoms. The number of nitrogens with one attached hydrogen (secondary N) is 1. The van der Waals surface area contributed by atoms with E-state index in [1.54, 1.807) is 29.2 Å². The molecule has 0 saturated carbocycles. The molecule has 0 radical (unpaired) electrons. The average Bonchev–Trinajstić information content (AvgIpc) is 3.02. The second-order valence-corrected chi connectivity index (χ2v) is 5.01. The van der Waals surface area contributed by atoms with Crippen molar-refractivity contribution < 1.29 is 9.53 Å². The number of aromatic nitrogens is 3. The fraction of sp³-hybridized carbons (Fsp3) is 0.357. The lowest BCUT2D eigenvalue weighted by Gasteiger charge is -2.23. The lowest BCUT2D eigenvalue weighted by atomic mass is 10.1. The Bertz CT molecular complexity index is 620. The molecule has 1 aliphatic rings. The zero-order chi connectivity index (χ0) is 14.7. The molecule has 1 fully saturated rings. The van der Waals surface area contributed by atoms with Crippen LogP contribution < -0.4 is 11.1 Å².